The Balaban J connectivity index is 0.989. The second-order valence-electron chi connectivity index (χ2n) is 13.6. The smallest absolute Gasteiger partial charge is 0.246 e. The van der Waals surface area contributed by atoms with Gasteiger partial charge < -0.3 is 10.1 Å². The molecule has 0 unspecified atom stereocenters. The normalized spacial score (nSPS) is 37.7. The van der Waals surface area contributed by atoms with Gasteiger partial charge in [-0.3, -0.25) is 4.79 Å². The molecule has 35 heavy (non-hydrogen) atoms. The highest BCUT2D eigenvalue weighted by Gasteiger charge is 2.70. The molecule has 0 aromatic rings. The van der Waals surface area contributed by atoms with Crippen molar-refractivity contribution < 1.29 is 9.53 Å². The van der Waals surface area contributed by atoms with Crippen molar-refractivity contribution in [3.63, 3.8) is 0 Å². The van der Waals surface area contributed by atoms with Crippen LogP contribution >= 0.6 is 0 Å². The third-order valence-electron chi connectivity index (χ3n) is 10.8. The lowest BCUT2D eigenvalue weighted by atomic mass is 9.34. The first-order valence-electron chi connectivity index (χ1n) is 15.9. The van der Waals surface area contributed by atoms with E-state index in [4.69, 9.17) is 4.74 Å². The Bertz CT molecular complexity index is 635. The van der Waals surface area contributed by atoms with E-state index < -0.39 is 0 Å². The highest BCUT2D eigenvalue weighted by molar-refractivity contribution is 6.39. The monoisotopic (exact) mass is 482 g/mol. The second kappa shape index (κ2) is 12.4. The van der Waals surface area contributed by atoms with Gasteiger partial charge in [0.2, 0.25) is 5.91 Å². The topological polar surface area (TPSA) is 38.3 Å². The molecule has 0 aromatic heterocycles. The van der Waals surface area contributed by atoms with Crippen molar-refractivity contribution in [1.29, 1.82) is 0 Å². The number of rotatable bonds is 7. The zero-order valence-electron chi connectivity index (χ0n) is 22.7. The van der Waals surface area contributed by atoms with E-state index in [1.807, 2.05) is 0 Å². The molecule has 1 N–H and O–H groups in total. The molecule has 6 fully saturated rings. The highest BCUT2D eigenvalue weighted by atomic mass is 16.5. The fourth-order valence-corrected chi connectivity index (χ4v) is 8.95. The summed E-state index contributed by atoms with van der Waals surface area (Å²) < 4.78 is 6.05. The van der Waals surface area contributed by atoms with Crippen molar-refractivity contribution in [2.45, 2.75) is 171 Å². The van der Waals surface area contributed by atoms with Crippen LogP contribution in [-0.4, -0.2) is 31.4 Å². The van der Waals surface area contributed by atoms with Gasteiger partial charge in [0, 0.05) is 5.54 Å². The Labute approximate surface area is 216 Å². The van der Waals surface area contributed by atoms with E-state index in [2.05, 4.69) is 12.6 Å². The van der Waals surface area contributed by atoms with Crippen LogP contribution in [0.3, 0.4) is 0 Å². The lowest BCUT2D eigenvalue weighted by molar-refractivity contribution is -0.199. The average molecular weight is 483 g/mol. The van der Waals surface area contributed by atoms with Crippen molar-refractivity contribution in [2.24, 2.45) is 11.3 Å². The second-order valence-corrected chi connectivity index (χ2v) is 13.6. The van der Waals surface area contributed by atoms with Crippen LogP contribution in [0.15, 0.2) is 0 Å². The quantitative estimate of drug-likeness (QED) is 0.372. The maximum atomic E-state index is 12.7. The first-order valence-corrected chi connectivity index (χ1v) is 15.9. The van der Waals surface area contributed by atoms with Crippen LogP contribution < -0.4 is 5.32 Å². The molecule has 0 aliphatic heterocycles. The molecule has 0 saturated heterocycles. The Morgan fingerprint density at radius 2 is 1.14 bits per heavy atom. The Morgan fingerprint density at radius 3 is 1.71 bits per heavy atom. The minimum absolute atomic E-state index is 0.137. The summed E-state index contributed by atoms with van der Waals surface area (Å²) in [4.78, 5) is 12.7. The van der Waals surface area contributed by atoms with Gasteiger partial charge in [-0.15, -0.1) is 0 Å². The molecule has 6 rings (SSSR count). The van der Waals surface area contributed by atoms with Gasteiger partial charge in [-0.2, -0.15) is 0 Å². The van der Waals surface area contributed by atoms with Crippen LogP contribution in [0.1, 0.15) is 148 Å². The van der Waals surface area contributed by atoms with Crippen molar-refractivity contribution in [2.75, 3.05) is 6.61 Å². The van der Waals surface area contributed by atoms with Gasteiger partial charge in [0.05, 0.1) is 6.10 Å². The number of nitrogens with one attached hydrogen (secondary N) is 1. The number of hydrogen-bond donors (Lipinski definition) is 1. The fourth-order valence-electron chi connectivity index (χ4n) is 8.95. The number of carbonyl (C=O) groups is 1. The molecule has 0 atom stereocenters. The largest absolute Gasteiger partial charge is 0.368 e. The maximum absolute atomic E-state index is 12.7. The van der Waals surface area contributed by atoms with Crippen LogP contribution in [0.5, 0.6) is 0 Å². The molecule has 4 heteroatoms. The summed E-state index contributed by atoms with van der Waals surface area (Å²) in [6.45, 7) is 0.279. The average Bonchev–Trinajstić information content (AvgIpc) is 2.72. The Morgan fingerprint density at radius 1 is 0.657 bits per heavy atom. The lowest BCUT2D eigenvalue weighted by Gasteiger charge is -2.73. The van der Waals surface area contributed by atoms with E-state index in [0.29, 0.717) is 11.5 Å². The van der Waals surface area contributed by atoms with Gasteiger partial charge >= 0.3 is 0 Å². The molecular formula is C31H53BNO2. The predicted molar refractivity (Wildman–Crippen MR) is 146 cm³/mol. The summed E-state index contributed by atoms with van der Waals surface area (Å²) in [5.74, 6) is 2.85. The van der Waals surface area contributed by atoms with Crippen molar-refractivity contribution in [3.05, 3.63) is 0 Å². The number of hydrogen-bond acceptors (Lipinski definition) is 2. The minimum Gasteiger partial charge on any atom is -0.368 e. The summed E-state index contributed by atoms with van der Waals surface area (Å²) >= 11 is 0. The molecule has 6 aliphatic rings. The number of carbonyl (C=O) groups excluding carboxylic acids is 1. The van der Waals surface area contributed by atoms with Gasteiger partial charge in [0.25, 0.3) is 0 Å². The SMILES string of the molecule is O=C(COC1CCCCCCC1)NC12CC(C3CCCC([B]C4CCCCCCC4)CCC3)(C1)C2. The summed E-state index contributed by atoms with van der Waals surface area (Å²) in [6.07, 6.45) is 31.7. The van der Waals surface area contributed by atoms with Crippen molar-refractivity contribution in [1.82, 2.24) is 5.32 Å². The zero-order valence-corrected chi connectivity index (χ0v) is 22.7. The molecule has 6 aliphatic carbocycles. The van der Waals surface area contributed by atoms with Gasteiger partial charge in [-0.05, 0) is 56.3 Å². The predicted octanol–water partition coefficient (Wildman–Crippen LogP) is 8.15. The van der Waals surface area contributed by atoms with Crippen LogP contribution in [0.25, 0.3) is 0 Å². The molecule has 197 valence electrons. The maximum Gasteiger partial charge on any atom is 0.246 e. The number of ether oxygens (including phenoxy) is 1. The minimum atomic E-state index is 0.137. The molecular weight excluding hydrogens is 429 g/mol. The van der Waals surface area contributed by atoms with Crippen LogP contribution in [0.2, 0.25) is 11.6 Å². The van der Waals surface area contributed by atoms with Crippen molar-refractivity contribution in [3.8, 4) is 0 Å². The van der Waals surface area contributed by atoms with Gasteiger partial charge in [-0.1, -0.05) is 114 Å². The molecule has 0 heterocycles. The molecule has 0 aromatic carbocycles. The molecule has 1 radical (unpaired) electrons. The van der Waals surface area contributed by atoms with E-state index in [1.165, 1.54) is 135 Å². The zero-order chi connectivity index (χ0) is 24.0. The number of amides is 1. The summed E-state index contributed by atoms with van der Waals surface area (Å²) in [6, 6.07) is 0. The van der Waals surface area contributed by atoms with Crippen LogP contribution in [0, 0.1) is 11.3 Å². The lowest BCUT2D eigenvalue weighted by Crippen LogP contribution is -2.76. The van der Waals surface area contributed by atoms with Gasteiger partial charge in [-0.25, -0.2) is 0 Å². The van der Waals surface area contributed by atoms with Crippen LogP contribution in [-0.2, 0) is 9.53 Å². The summed E-state index contributed by atoms with van der Waals surface area (Å²) in [5, 5.41) is 3.41. The molecule has 2 bridgehead atoms. The molecule has 0 spiro atoms. The fraction of sp³-hybridized carbons (Fsp3) is 0.968. The highest BCUT2D eigenvalue weighted by Crippen LogP contribution is 2.72. The van der Waals surface area contributed by atoms with Crippen LogP contribution in [0.4, 0.5) is 0 Å². The standard InChI is InChI=1S/C31H53BNO2/c34-29(21-35-28-19-9-5-2-6-10-20-28)33-31-22-30(23-31,24-31)25-13-11-17-27(18-12-14-25)32-26-15-7-3-1-4-8-16-26/h25-28H,1-24H2,(H,33,34). The Hall–Kier alpha value is -0.505. The molecule has 6 saturated carbocycles. The third kappa shape index (κ3) is 6.88. The van der Waals surface area contributed by atoms with E-state index in [-0.39, 0.29) is 18.1 Å². The first-order chi connectivity index (χ1) is 17.1. The summed E-state index contributed by atoms with van der Waals surface area (Å²) in [7, 11) is 2.82. The Kier molecular flexibility index (Phi) is 9.22. The molecule has 3 nitrogen and oxygen atoms in total. The van der Waals surface area contributed by atoms with Crippen molar-refractivity contribution >= 4 is 13.2 Å². The summed E-state index contributed by atoms with van der Waals surface area (Å²) in [5.41, 5.74) is 0.710. The van der Waals surface area contributed by atoms with E-state index in [0.717, 1.165) is 30.4 Å². The van der Waals surface area contributed by atoms with E-state index in [9.17, 15) is 4.79 Å². The van der Waals surface area contributed by atoms with E-state index >= 15 is 0 Å². The first kappa shape index (κ1) is 26.1. The van der Waals surface area contributed by atoms with E-state index in [1.54, 1.807) is 0 Å². The third-order valence-corrected chi connectivity index (χ3v) is 10.8. The molecule has 1 amide bonds. The van der Waals surface area contributed by atoms with Gasteiger partial charge in [0.1, 0.15) is 13.9 Å². The van der Waals surface area contributed by atoms with Gasteiger partial charge in [0.15, 0.2) is 0 Å².